The fourth-order valence-corrected chi connectivity index (χ4v) is 2.78. The first-order valence-electron chi connectivity index (χ1n) is 8.21. The maximum absolute atomic E-state index is 12.5. The van der Waals surface area contributed by atoms with E-state index in [9.17, 15) is 22.8 Å². The second-order valence-corrected chi connectivity index (χ2v) is 6.14. The lowest BCUT2D eigenvalue weighted by molar-refractivity contribution is -0.153. The van der Waals surface area contributed by atoms with Crippen molar-refractivity contribution in [3.8, 4) is 5.75 Å². The average molecular weight is 382 g/mol. The minimum atomic E-state index is -4.48. The summed E-state index contributed by atoms with van der Waals surface area (Å²) in [5.74, 6) is -0.722. The van der Waals surface area contributed by atoms with Crippen molar-refractivity contribution < 1.29 is 31.9 Å². The molecule has 2 aromatic rings. The number of anilines is 1. The second-order valence-electron chi connectivity index (χ2n) is 6.14. The average Bonchev–Trinajstić information content (AvgIpc) is 3.24. The minimum absolute atomic E-state index is 0.0259. The topological polar surface area (TPSA) is 71.8 Å². The van der Waals surface area contributed by atoms with Crippen LogP contribution in [0.4, 0.5) is 18.9 Å². The number of rotatable bonds is 6. The zero-order valence-electron chi connectivity index (χ0n) is 14.2. The minimum Gasteiger partial charge on any atom is -0.482 e. The van der Waals surface area contributed by atoms with E-state index in [1.807, 2.05) is 0 Å². The van der Waals surface area contributed by atoms with Gasteiger partial charge in [-0.05, 0) is 24.3 Å². The molecule has 1 unspecified atom stereocenters. The highest BCUT2D eigenvalue weighted by Crippen LogP contribution is 2.28. The van der Waals surface area contributed by atoms with Crippen LogP contribution in [0.1, 0.15) is 12.2 Å². The van der Waals surface area contributed by atoms with Crippen molar-refractivity contribution in [2.45, 2.75) is 19.1 Å². The number of para-hydroxylation sites is 2. The maximum Gasteiger partial charge on any atom is 0.422 e. The Morgan fingerprint density at radius 1 is 1.26 bits per heavy atom. The third-order valence-corrected chi connectivity index (χ3v) is 4.05. The first-order valence-corrected chi connectivity index (χ1v) is 8.21. The Labute approximate surface area is 152 Å². The van der Waals surface area contributed by atoms with Gasteiger partial charge in [0.2, 0.25) is 11.8 Å². The van der Waals surface area contributed by atoms with E-state index in [4.69, 9.17) is 9.15 Å². The normalized spacial score (nSPS) is 17.2. The molecular weight excluding hydrogens is 365 g/mol. The van der Waals surface area contributed by atoms with Crippen molar-refractivity contribution in [1.82, 2.24) is 4.90 Å². The molecule has 1 saturated heterocycles. The van der Waals surface area contributed by atoms with Crippen LogP contribution in [0.2, 0.25) is 0 Å². The van der Waals surface area contributed by atoms with E-state index in [0.29, 0.717) is 5.76 Å². The number of nitrogens with one attached hydrogen (secondary N) is 1. The van der Waals surface area contributed by atoms with Gasteiger partial charge in [0.05, 0.1) is 24.4 Å². The van der Waals surface area contributed by atoms with Crippen molar-refractivity contribution in [1.29, 1.82) is 0 Å². The van der Waals surface area contributed by atoms with Gasteiger partial charge in [-0.1, -0.05) is 12.1 Å². The molecule has 0 aliphatic carbocycles. The van der Waals surface area contributed by atoms with E-state index < -0.39 is 24.6 Å². The number of ether oxygens (including phenoxy) is 1. The lowest BCUT2D eigenvalue weighted by Gasteiger charge is -2.16. The quantitative estimate of drug-likeness (QED) is 0.833. The summed E-state index contributed by atoms with van der Waals surface area (Å²) in [5, 5.41) is 2.56. The van der Waals surface area contributed by atoms with Gasteiger partial charge in [-0.15, -0.1) is 0 Å². The number of halogens is 3. The van der Waals surface area contributed by atoms with E-state index in [1.165, 1.54) is 29.4 Å². The number of alkyl halides is 3. The number of hydrogen-bond acceptors (Lipinski definition) is 4. The fraction of sp³-hybridized carbons (Fsp3) is 0.333. The molecule has 1 fully saturated rings. The molecule has 1 N–H and O–H groups in total. The number of amides is 2. The molecule has 27 heavy (non-hydrogen) atoms. The molecule has 1 atom stereocenters. The summed E-state index contributed by atoms with van der Waals surface area (Å²) in [4.78, 5) is 26.1. The van der Waals surface area contributed by atoms with Crippen LogP contribution in [0.5, 0.6) is 5.75 Å². The summed E-state index contributed by atoms with van der Waals surface area (Å²) in [6.45, 7) is -0.990. The number of nitrogens with zero attached hydrogens (tertiary/aromatic N) is 1. The lowest BCUT2D eigenvalue weighted by atomic mass is 10.1. The SMILES string of the molecule is O=C(Nc1ccccc1OCC(F)(F)F)C1CC(=O)N(Cc2ccco2)C1. The molecule has 2 amide bonds. The van der Waals surface area contributed by atoms with Gasteiger partial charge in [-0.25, -0.2) is 0 Å². The molecule has 6 nitrogen and oxygen atoms in total. The summed E-state index contributed by atoms with van der Waals surface area (Å²) in [6, 6.07) is 9.29. The van der Waals surface area contributed by atoms with Crippen molar-refractivity contribution in [2.75, 3.05) is 18.5 Å². The molecule has 1 aromatic heterocycles. The van der Waals surface area contributed by atoms with Crippen molar-refractivity contribution in [3.63, 3.8) is 0 Å². The van der Waals surface area contributed by atoms with Gasteiger partial charge in [0.25, 0.3) is 0 Å². The highest BCUT2D eigenvalue weighted by molar-refractivity contribution is 5.98. The standard InChI is InChI=1S/C18H17F3N2O4/c19-18(20,21)11-27-15-6-2-1-5-14(15)22-17(25)12-8-16(24)23(9-12)10-13-4-3-7-26-13/h1-7,12H,8-11H2,(H,22,25). The fourth-order valence-electron chi connectivity index (χ4n) is 2.78. The third kappa shape index (κ3) is 5.02. The van der Waals surface area contributed by atoms with E-state index in [2.05, 4.69) is 5.32 Å². The predicted octanol–water partition coefficient (Wildman–Crippen LogP) is 3.21. The van der Waals surface area contributed by atoms with Crippen LogP contribution in [-0.2, 0) is 16.1 Å². The molecule has 3 rings (SSSR count). The van der Waals surface area contributed by atoms with Crippen molar-refractivity contribution >= 4 is 17.5 Å². The van der Waals surface area contributed by atoms with Gasteiger partial charge in [-0.2, -0.15) is 13.2 Å². The Balaban J connectivity index is 1.61. The van der Waals surface area contributed by atoms with Crippen LogP contribution in [0.25, 0.3) is 0 Å². The van der Waals surface area contributed by atoms with Crippen LogP contribution in [0, 0.1) is 5.92 Å². The molecule has 0 radical (unpaired) electrons. The summed E-state index contributed by atoms with van der Waals surface area (Å²) in [7, 11) is 0. The van der Waals surface area contributed by atoms with Crippen LogP contribution in [-0.4, -0.2) is 36.0 Å². The molecule has 0 spiro atoms. The molecule has 1 aromatic carbocycles. The summed E-state index contributed by atoms with van der Waals surface area (Å²) < 4.78 is 47.0. The molecular formula is C18H17F3N2O4. The number of hydrogen-bond donors (Lipinski definition) is 1. The molecule has 9 heteroatoms. The first kappa shape index (κ1) is 18.8. The Kier molecular flexibility index (Phi) is 5.38. The van der Waals surface area contributed by atoms with Crippen molar-refractivity contribution in [2.24, 2.45) is 5.92 Å². The van der Waals surface area contributed by atoms with Gasteiger partial charge < -0.3 is 19.4 Å². The van der Waals surface area contributed by atoms with Gasteiger partial charge in [0, 0.05) is 13.0 Å². The molecule has 2 heterocycles. The van der Waals surface area contributed by atoms with Crippen LogP contribution < -0.4 is 10.1 Å². The maximum atomic E-state index is 12.5. The first-order chi connectivity index (χ1) is 12.8. The number of likely N-dealkylation sites (tertiary alicyclic amines) is 1. The van der Waals surface area contributed by atoms with Crippen LogP contribution >= 0.6 is 0 Å². The molecule has 144 valence electrons. The highest BCUT2D eigenvalue weighted by Gasteiger charge is 2.35. The Bertz CT molecular complexity index is 805. The van der Waals surface area contributed by atoms with Gasteiger partial charge in [0.15, 0.2) is 6.61 Å². The van der Waals surface area contributed by atoms with Crippen LogP contribution in [0.3, 0.4) is 0 Å². The number of benzene rings is 1. The molecule has 1 aliphatic rings. The van der Waals surface area contributed by atoms with Gasteiger partial charge in [-0.3, -0.25) is 9.59 Å². The molecule has 0 bridgehead atoms. The number of furan rings is 1. The summed E-state index contributed by atoms with van der Waals surface area (Å²) in [6.07, 6.45) is -2.96. The van der Waals surface area contributed by atoms with E-state index in [1.54, 1.807) is 18.2 Å². The van der Waals surface area contributed by atoms with E-state index >= 15 is 0 Å². The molecule has 1 aliphatic heterocycles. The predicted molar refractivity (Wildman–Crippen MR) is 88.9 cm³/mol. The monoisotopic (exact) mass is 382 g/mol. The summed E-state index contributed by atoms with van der Waals surface area (Å²) in [5.41, 5.74) is 0.128. The Hall–Kier alpha value is -2.97. The lowest BCUT2D eigenvalue weighted by Crippen LogP contribution is -2.28. The third-order valence-electron chi connectivity index (χ3n) is 4.05. The highest BCUT2D eigenvalue weighted by atomic mass is 19.4. The number of carbonyl (C=O) groups is 2. The summed E-state index contributed by atoms with van der Waals surface area (Å²) >= 11 is 0. The van der Waals surface area contributed by atoms with E-state index in [0.717, 1.165) is 0 Å². The zero-order chi connectivity index (χ0) is 19.4. The Morgan fingerprint density at radius 3 is 2.74 bits per heavy atom. The zero-order valence-corrected chi connectivity index (χ0v) is 14.2. The second kappa shape index (κ2) is 7.73. The Morgan fingerprint density at radius 2 is 2.04 bits per heavy atom. The smallest absolute Gasteiger partial charge is 0.422 e. The van der Waals surface area contributed by atoms with Gasteiger partial charge in [0.1, 0.15) is 11.5 Å². The van der Waals surface area contributed by atoms with Crippen LogP contribution in [0.15, 0.2) is 47.1 Å². The molecule has 0 saturated carbocycles. The van der Waals surface area contributed by atoms with Crippen molar-refractivity contribution in [3.05, 3.63) is 48.4 Å². The largest absolute Gasteiger partial charge is 0.482 e. The van der Waals surface area contributed by atoms with Gasteiger partial charge >= 0.3 is 6.18 Å². The van der Waals surface area contributed by atoms with E-state index in [-0.39, 0.29) is 36.9 Å². The number of carbonyl (C=O) groups excluding carboxylic acids is 2.